The molecule has 0 saturated carbocycles. The summed E-state index contributed by atoms with van der Waals surface area (Å²) in [6.07, 6.45) is 1.39. The lowest BCUT2D eigenvalue weighted by Gasteiger charge is -2.32. The monoisotopic (exact) mass is 347 g/mol. The lowest BCUT2D eigenvalue weighted by Crippen LogP contribution is -2.42. The van der Waals surface area contributed by atoms with E-state index in [0.29, 0.717) is 30.4 Å². The molecule has 1 aliphatic heterocycles. The Labute approximate surface area is 146 Å². The number of benzene rings is 1. The highest BCUT2D eigenvalue weighted by atomic mass is 19.1. The number of amides is 1. The van der Waals surface area contributed by atoms with Gasteiger partial charge in [-0.15, -0.1) is 0 Å². The van der Waals surface area contributed by atoms with Crippen molar-refractivity contribution in [3.63, 3.8) is 0 Å². The van der Waals surface area contributed by atoms with Crippen LogP contribution in [0, 0.1) is 5.82 Å². The van der Waals surface area contributed by atoms with Crippen LogP contribution < -0.4 is 0 Å². The minimum atomic E-state index is -0.524. The van der Waals surface area contributed by atoms with Crippen LogP contribution in [0.2, 0.25) is 0 Å². The molecular formula is C18H22FN3O3. The first-order valence-electron chi connectivity index (χ1n) is 8.39. The Hall–Kier alpha value is -2.44. The van der Waals surface area contributed by atoms with Crippen LogP contribution >= 0.6 is 0 Å². The predicted molar refractivity (Wildman–Crippen MR) is 89.5 cm³/mol. The molecule has 0 aliphatic carbocycles. The van der Waals surface area contributed by atoms with Gasteiger partial charge in [0.25, 0.3) is 0 Å². The van der Waals surface area contributed by atoms with E-state index in [0.717, 1.165) is 12.8 Å². The molecule has 7 heteroatoms. The molecule has 1 aliphatic rings. The van der Waals surface area contributed by atoms with Crippen molar-refractivity contribution in [2.24, 2.45) is 0 Å². The van der Waals surface area contributed by atoms with Gasteiger partial charge >= 0.3 is 6.09 Å². The van der Waals surface area contributed by atoms with E-state index in [1.807, 2.05) is 20.8 Å². The molecule has 1 atom stereocenters. The lowest BCUT2D eigenvalue weighted by molar-refractivity contribution is 0.0189. The molecule has 134 valence electrons. The number of hydrogen-bond acceptors (Lipinski definition) is 5. The first kappa shape index (κ1) is 17.4. The third-order valence-electron chi connectivity index (χ3n) is 3.97. The second kappa shape index (κ2) is 6.82. The van der Waals surface area contributed by atoms with E-state index in [4.69, 9.17) is 9.26 Å². The Morgan fingerprint density at radius 3 is 2.72 bits per heavy atom. The smallest absolute Gasteiger partial charge is 0.410 e. The standard InChI is InChI=1S/C18H22FN3O3/c1-18(2,3)24-17(23)22-10-4-5-13(11-22)16-20-15(21-25-16)12-6-8-14(19)9-7-12/h6-9,13H,4-5,10-11H2,1-3H3/t13-/m1/s1. The third kappa shape index (κ3) is 4.35. The van der Waals surface area contributed by atoms with Crippen LogP contribution in [0.5, 0.6) is 0 Å². The van der Waals surface area contributed by atoms with Crippen LogP contribution in [0.15, 0.2) is 28.8 Å². The van der Waals surface area contributed by atoms with Crippen molar-refractivity contribution in [3.05, 3.63) is 36.0 Å². The molecule has 1 aromatic heterocycles. The van der Waals surface area contributed by atoms with Crippen molar-refractivity contribution in [2.75, 3.05) is 13.1 Å². The van der Waals surface area contributed by atoms with Crippen LogP contribution in [-0.2, 0) is 4.74 Å². The summed E-state index contributed by atoms with van der Waals surface area (Å²) in [4.78, 5) is 18.4. The fourth-order valence-corrected chi connectivity index (χ4v) is 2.79. The maximum atomic E-state index is 13.0. The second-order valence-electron chi connectivity index (χ2n) is 7.23. The van der Waals surface area contributed by atoms with Gasteiger partial charge in [-0.1, -0.05) is 5.16 Å². The van der Waals surface area contributed by atoms with Gasteiger partial charge < -0.3 is 14.2 Å². The van der Waals surface area contributed by atoms with E-state index in [9.17, 15) is 9.18 Å². The van der Waals surface area contributed by atoms with Gasteiger partial charge in [0.2, 0.25) is 11.7 Å². The number of aromatic nitrogens is 2. The Morgan fingerprint density at radius 2 is 2.04 bits per heavy atom. The molecular weight excluding hydrogens is 325 g/mol. The van der Waals surface area contributed by atoms with Crippen molar-refractivity contribution in [2.45, 2.75) is 45.1 Å². The lowest BCUT2D eigenvalue weighted by atomic mass is 9.98. The average molecular weight is 347 g/mol. The van der Waals surface area contributed by atoms with Crippen molar-refractivity contribution >= 4 is 6.09 Å². The van der Waals surface area contributed by atoms with Crippen LogP contribution in [0.3, 0.4) is 0 Å². The van der Waals surface area contributed by atoms with Crippen molar-refractivity contribution < 1.29 is 18.4 Å². The van der Waals surface area contributed by atoms with Gasteiger partial charge in [-0.25, -0.2) is 9.18 Å². The molecule has 2 aromatic rings. The number of ether oxygens (including phenoxy) is 1. The molecule has 0 spiro atoms. The minimum absolute atomic E-state index is 0.0250. The summed E-state index contributed by atoms with van der Waals surface area (Å²) < 4.78 is 23.8. The zero-order valence-electron chi connectivity index (χ0n) is 14.7. The third-order valence-corrected chi connectivity index (χ3v) is 3.97. The number of nitrogens with zero attached hydrogens (tertiary/aromatic N) is 3. The molecule has 6 nitrogen and oxygen atoms in total. The number of rotatable bonds is 2. The number of hydrogen-bond donors (Lipinski definition) is 0. The normalized spacial score (nSPS) is 18.2. The molecule has 0 N–H and O–H groups in total. The Morgan fingerprint density at radius 1 is 1.32 bits per heavy atom. The zero-order valence-corrected chi connectivity index (χ0v) is 14.7. The summed E-state index contributed by atoms with van der Waals surface area (Å²) in [5.74, 6) is 0.577. The second-order valence-corrected chi connectivity index (χ2v) is 7.23. The fraction of sp³-hybridized carbons (Fsp3) is 0.500. The number of likely N-dealkylation sites (tertiary alicyclic amines) is 1. The van der Waals surface area contributed by atoms with Crippen LogP contribution in [0.1, 0.15) is 45.4 Å². The molecule has 3 rings (SSSR count). The van der Waals surface area contributed by atoms with E-state index in [1.54, 1.807) is 17.0 Å². The highest BCUT2D eigenvalue weighted by Gasteiger charge is 2.31. The summed E-state index contributed by atoms with van der Waals surface area (Å²) in [6, 6.07) is 5.93. The van der Waals surface area contributed by atoms with Gasteiger partial charge in [0.1, 0.15) is 11.4 Å². The quantitative estimate of drug-likeness (QED) is 0.821. The first-order chi connectivity index (χ1) is 11.8. The van der Waals surface area contributed by atoms with Gasteiger partial charge in [-0.2, -0.15) is 4.98 Å². The number of carbonyl (C=O) groups is 1. The van der Waals surface area contributed by atoms with Gasteiger partial charge in [0.15, 0.2) is 0 Å². The highest BCUT2D eigenvalue weighted by Crippen LogP contribution is 2.28. The molecule has 0 unspecified atom stereocenters. The Kier molecular flexibility index (Phi) is 4.74. The molecule has 0 bridgehead atoms. The summed E-state index contributed by atoms with van der Waals surface area (Å²) in [5, 5.41) is 3.98. The van der Waals surface area contributed by atoms with E-state index >= 15 is 0 Å². The Bertz CT molecular complexity index is 737. The number of piperidine rings is 1. The van der Waals surface area contributed by atoms with Gasteiger partial charge in [-0.3, -0.25) is 0 Å². The number of halogens is 1. The maximum Gasteiger partial charge on any atom is 0.410 e. The molecule has 1 aromatic carbocycles. The van der Waals surface area contributed by atoms with Crippen molar-refractivity contribution in [3.8, 4) is 11.4 Å². The summed E-state index contributed by atoms with van der Waals surface area (Å²) in [7, 11) is 0. The molecule has 25 heavy (non-hydrogen) atoms. The van der Waals surface area contributed by atoms with E-state index in [1.165, 1.54) is 12.1 Å². The minimum Gasteiger partial charge on any atom is -0.444 e. The maximum absolute atomic E-state index is 13.0. The van der Waals surface area contributed by atoms with Gasteiger partial charge in [0, 0.05) is 18.7 Å². The zero-order chi connectivity index (χ0) is 18.0. The van der Waals surface area contributed by atoms with Crippen molar-refractivity contribution in [1.82, 2.24) is 15.0 Å². The first-order valence-corrected chi connectivity index (χ1v) is 8.39. The highest BCUT2D eigenvalue weighted by molar-refractivity contribution is 5.68. The SMILES string of the molecule is CC(C)(C)OC(=O)N1CCC[C@@H](c2nc(-c3ccc(F)cc3)no2)C1. The average Bonchev–Trinajstić information content (AvgIpc) is 3.04. The molecule has 2 heterocycles. The predicted octanol–water partition coefficient (Wildman–Crippen LogP) is 3.99. The van der Waals surface area contributed by atoms with Crippen molar-refractivity contribution in [1.29, 1.82) is 0 Å². The van der Waals surface area contributed by atoms with Crippen LogP contribution in [0.25, 0.3) is 11.4 Å². The molecule has 1 fully saturated rings. The summed E-state index contributed by atoms with van der Waals surface area (Å²) >= 11 is 0. The van der Waals surface area contributed by atoms with E-state index in [-0.39, 0.29) is 17.8 Å². The largest absolute Gasteiger partial charge is 0.444 e. The van der Waals surface area contributed by atoms with E-state index in [2.05, 4.69) is 10.1 Å². The molecule has 1 saturated heterocycles. The van der Waals surface area contributed by atoms with Gasteiger partial charge in [-0.05, 0) is 57.9 Å². The molecule has 1 amide bonds. The summed E-state index contributed by atoms with van der Waals surface area (Å²) in [5.41, 5.74) is 0.167. The Balaban J connectivity index is 1.70. The summed E-state index contributed by atoms with van der Waals surface area (Å²) in [6.45, 7) is 6.68. The van der Waals surface area contributed by atoms with E-state index < -0.39 is 5.60 Å². The topological polar surface area (TPSA) is 68.5 Å². The molecule has 0 radical (unpaired) electrons. The van der Waals surface area contributed by atoms with Crippen LogP contribution in [-0.4, -0.2) is 39.8 Å². The fourth-order valence-electron chi connectivity index (χ4n) is 2.79. The van der Waals surface area contributed by atoms with Gasteiger partial charge in [0.05, 0.1) is 5.92 Å². The number of carbonyl (C=O) groups excluding carboxylic acids is 1. The van der Waals surface area contributed by atoms with Crippen LogP contribution in [0.4, 0.5) is 9.18 Å².